The molecule has 88 valence electrons. The molecule has 15 heavy (non-hydrogen) atoms. The Hall–Kier alpha value is -0.250. The molecule has 0 radical (unpaired) electrons. The van der Waals surface area contributed by atoms with Gasteiger partial charge in [-0.25, -0.2) is 0 Å². The molecule has 1 aliphatic carbocycles. The molecule has 0 bridgehead atoms. The third-order valence-corrected chi connectivity index (χ3v) is 3.63. The van der Waals surface area contributed by atoms with Gasteiger partial charge in [0.25, 0.3) is 0 Å². The molecule has 1 saturated carbocycles. The number of Topliss-reactive ketones (excluding diaryl/α,β-unsaturated/α-hetero) is 1. The second kappa shape index (κ2) is 4.32. The molecule has 0 amide bonds. The highest BCUT2D eigenvalue weighted by atomic mass is 35.5. The van der Waals surface area contributed by atoms with Gasteiger partial charge in [0.1, 0.15) is 0 Å². The van der Waals surface area contributed by atoms with Crippen LogP contribution in [-0.4, -0.2) is 17.3 Å². The lowest BCUT2D eigenvalue weighted by Crippen LogP contribution is -2.47. The van der Waals surface area contributed by atoms with E-state index in [9.17, 15) is 18.0 Å². The lowest BCUT2D eigenvalue weighted by Gasteiger charge is -2.38. The van der Waals surface area contributed by atoms with Crippen LogP contribution < -0.4 is 0 Å². The molecular weight excluding hydrogens is 229 g/mol. The van der Waals surface area contributed by atoms with Crippen LogP contribution in [0.4, 0.5) is 13.2 Å². The average Bonchev–Trinajstić information content (AvgIpc) is 2.16. The maximum Gasteiger partial charge on any atom is 0.450 e. The Balaban J connectivity index is 2.95. The van der Waals surface area contributed by atoms with E-state index in [2.05, 4.69) is 0 Å². The molecule has 1 nitrogen and oxygen atoms in total. The smallest absolute Gasteiger partial charge is 0.289 e. The lowest BCUT2D eigenvalue weighted by atomic mass is 9.69. The molecule has 0 saturated heterocycles. The molecular formula is C10H14ClF3O. The van der Waals surface area contributed by atoms with E-state index in [0.29, 0.717) is 12.8 Å². The van der Waals surface area contributed by atoms with Crippen LogP contribution in [0.25, 0.3) is 0 Å². The monoisotopic (exact) mass is 242 g/mol. The first kappa shape index (κ1) is 12.8. The van der Waals surface area contributed by atoms with Gasteiger partial charge in [0.15, 0.2) is 0 Å². The maximum atomic E-state index is 12.4. The SMILES string of the molecule is CC(Cl)C1(C(=O)C(F)(F)F)CCCCC1. The van der Waals surface area contributed by atoms with Gasteiger partial charge >= 0.3 is 6.18 Å². The molecule has 1 unspecified atom stereocenters. The predicted molar refractivity (Wildman–Crippen MR) is 51.9 cm³/mol. The first-order chi connectivity index (χ1) is 6.81. The minimum Gasteiger partial charge on any atom is -0.289 e. The zero-order chi connectivity index (χ0) is 11.7. The molecule has 0 aliphatic heterocycles. The van der Waals surface area contributed by atoms with E-state index < -0.39 is 22.8 Å². The number of rotatable bonds is 2. The van der Waals surface area contributed by atoms with Crippen molar-refractivity contribution >= 4 is 17.4 Å². The van der Waals surface area contributed by atoms with Crippen molar-refractivity contribution in [3.8, 4) is 0 Å². The highest BCUT2D eigenvalue weighted by molar-refractivity contribution is 6.22. The van der Waals surface area contributed by atoms with Crippen molar-refractivity contribution in [1.29, 1.82) is 0 Å². The van der Waals surface area contributed by atoms with E-state index in [1.807, 2.05) is 0 Å². The first-order valence-electron chi connectivity index (χ1n) is 5.06. The Labute approximate surface area is 92.0 Å². The fourth-order valence-corrected chi connectivity index (χ4v) is 2.59. The number of alkyl halides is 4. The fourth-order valence-electron chi connectivity index (χ4n) is 2.27. The number of hydrogen-bond donors (Lipinski definition) is 0. The number of carbonyl (C=O) groups excluding carboxylic acids is 1. The minimum atomic E-state index is -4.76. The summed E-state index contributed by atoms with van der Waals surface area (Å²) in [6.07, 6.45) is -2.05. The summed E-state index contributed by atoms with van der Waals surface area (Å²) in [6.45, 7) is 1.48. The molecule has 1 rings (SSSR count). The zero-order valence-corrected chi connectivity index (χ0v) is 9.29. The van der Waals surface area contributed by atoms with E-state index in [-0.39, 0.29) is 12.8 Å². The Morgan fingerprint density at radius 2 is 1.73 bits per heavy atom. The molecule has 1 fully saturated rings. The Kier molecular flexibility index (Phi) is 3.69. The van der Waals surface area contributed by atoms with Crippen LogP contribution >= 0.6 is 11.6 Å². The highest BCUT2D eigenvalue weighted by Gasteiger charge is 2.54. The van der Waals surface area contributed by atoms with Gasteiger partial charge in [0.2, 0.25) is 5.78 Å². The number of ketones is 1. The molecule has 0 heterocycles. The summed E-state index contributed by atoms with van der Waals surface area (Å²) in [5, 5.41) is -0.757. The van der Waals surface area contributed by atoms with Crippen molar-refractivity contribution in [3.05, 3.63) is 0 Å². The molecule has 1 aliphatic rings. The van der Waals surface area contributed by atoms with E-state index in [1.54, 1.807) is 0 Å². The number of hydrogen-bond acceptors (Lipinski definition) is 1. The molecule has 0 aromatic carbocycles. The molecule has 0 spiro atoms. The number of halogens is 4. The summed E-state index contributed by atoms with van der Waals surface area (Å²) in [5.74, 6) is -1.64. The molecule has 0 aromatic rings. The Morgan fingerprint density at radius 3 is 2.07 bits per heavy atom. The summed E-state index contributed by atoms with van der Waals surface area (Å²) in [4.78, 5) is 11.4. The van der Waals surface area contributed by atoms with Gasteiger partial charge in [0.05, 0.1) is 5.41 Å². The van der Waals surface area contributed by atoms with Crippen LogP contribution in [0.2, 0.25) is 0 Å². The van der Waals surface area contributed by atoms with Gasteiger partial charge < -0.3 is 0 Å². The topological polar surface area (TPSA) is 17.1 Å². The standard InChI is InChI=1S/C10H14ClF3O/c1-7(11)9(5-3-2-4-6-9)8(15)10(12,13)14/h7H,2-6H2,1H3. The van der Waals surface area contributed by atoms with Crippen molar-refractivity contribution in [2.24, 2.45) is 5.41 Å². The molecule has 5 heteroatoms. The maximum absolute atomic E-state index is 12.4. The van der Waals surface area contributed by atoms with Crippen molar-refractivity contribution in [2.75, 3.05) is 0 Å². The summed E-state index contributed by atoms with van der Waals surface area (Å²) >= 11 is 5.79. The third kappa shape index (κ3) is 2.47. The Morgan fingerprint density at radius 1 is 1.27 bits per heavy atom. The van der Waals surface area contributed by atoms with E-state index in [1.165, 1.54) is 6.92 Å². The summed E-state index contributed by atoms with van der Waals surface area (Å²) in [6, 6.07) is 0. The van der Waals surface area contributed by atoms with Gasteiger partial charge in [-0.1, -0.05) is 19.3 Å². The zero-order valence-electron chi connectivity index (χ0n) is 8.53. The van der Waals surface area contributed by atoms with Crippen molar-refractivity contribution in [3.63, 3.8) is 0 Å². The first-order valence-corrected chi connectivity index (χ1v) is 5.50. The molecule has 0 aromatic heterocycles. The largest absolute Gasteiger partial charge is 0.450 e. The van der Waals surface area contributed by atoms with Crippen LogP contribution in [-0.2, 0) is 4.79 Å². The van der Waals surface area contributed by atoms with E-state index >= 15 is 0 Å². The van der Waals surface area contributed by atoms with Gasteiger partial charge in [-0.3, -0.25) is 4.79 Å². The van der Waals surface area contributed by atoms with Gasteiger partial charge in [0, 0.05) is 5.38 Å². The normalized spacial score (nSPS) is 23.5. The third-order valence-electron chi connectivity index (χ3n) is 3.22. The molecule has 0 N–H and O–H groups in total. The summed E-state index contributed by atoms with van der Waals surface area (Å²) < 4.78 is 37.3. The van der Waals surface area contributed by atoms with Crippen LogP contribution in [0.5, 0.6) is 0 Å². The average molecular weight is 243 g/mol. The fraction of sp³-hybridized carbons (Fsp3) is 0.900. The minimum absolute atomic E-state index is 0.260. The summed E-state index contributed by atoms with van der Waals surface area (Å²) in [7, 11) is 0. The van der Waals surface area contributed by atoms with Crippen LogP contribution in [0, 0.1) is 5.41 Å². The van der Waals surface area contributed by atoms with Crippen LogP contribution in [0.15, 0.2) is 0 Å². The van der Waals surface area contributed by atoms with Gasteiger partial charge in [-0.2, -0.15) is 13.2 Å². The van der Waals surface area contributed by atoms with Crippen molar-refractivity contribution in [1.82, 2.24) is 0 Å². The second-order valence-electron chi connectivity index (χ2n) is 4.16. The van der Waals surface area contributed by atoms with E-state index in [0.717, 1.165) is 6.42 Å². The lowest BCUT2D eigenvalue weighted by molar-refractivity contribution is -0.184. The van der Waals surface area contributed by atoms with E-state index in [4.69, 9.17) is 11.6 Å². The quantitative estimate of drug-likeness (QED) is 0.675. The van der Waals surface area contributed by atoms with Gasteiger partial charge in [-0.15, -0.1) is 11.6 Å². The Bertz CT molecular complexity index is 242. The van der Waals surface area contributed by atoms with Crippen molar-refractivity contribution < 1.29 is 18.0 Å². The number of carbonyl (C=O) groups is 1. The highest BCUT2D eigenvalue weighted by Crippen LogP contribution is 2.46. The van der Waals surface area contributed by atoms with Crippen LogP contribution in [0.3, 0.4) is 0 Å². The van der Waals surface area contributed by atoms with Crippen molar-refractivity contribution in [2.45, 2.75) is 50.6 Å². The van der Waals surface area contributed by atoms with Crippen LogP contribution in [0.1, 0.15) is 39.0 Å². The second-order valence-corrected chi connectivity index (χ2v) is 4.81. The predicted octanol–water partition coefficient (Wildman–Crippen LogP) is 3.70. The van der Waals surface area contributed by atoms with Gasteiger partial charge in [-0.05, 0) is 19.8 Å². The molecule has 1 atom stereocenters. The summed E-state index contributed by atoms with van der Waals surface area (Å²) in [5.41, 5.74) is -1.38.